The van der Waals surface area contributed by atoms with E-state index in [4.69, 9.17) is 23.2 Å². The zero-order valence-electron chi connectivity index (χ0n) is 18.8. The third kappa shape index (κ3) is 4.41. The van der Waals surface area contributed by atoms with E-state index in [9.17, 15) is 14.7 Å². The number of hydrogen-bond acceptors (Lipinski definition) is 4. The molecule has 0 bridgehead atoms. The van der Waals surface area contributed by atoms with Crippen molar-refractivity contribution < 1.29 is 14.7 Å². The van der Waals surface area contributed by atoms with Gasteiger partial charge in [-0.05, 0) is 74.0 Å². The number of amides is 1. The summed E-state index contributed by atoms with van der Waals surface area (Å²) in [5.74, 6) is -1.74. The van der Waals surface area contributed by atoms with Crippen LogP contribution in [0.3, 0.4) is 0 Å². The van der Waals surface area contributed by atoms with E-state index in [-0.39, 0.29) is 11.3 Å². The predicted octanol–water partition coefficient (Wildman–Crippen LogP) is 6.47. The van der Waals surface area contributed by atoms with Gasteiger partial charge in [-0.15, -0.1) is 0 Å². The standard InChI is InChI=1S/C27H24Cl2N2O3/c1-3-30(4-2)21-14-10-17(11-15-21)24-23(25(32)18-8-12-19(28)13-9-18)26(33)27(34)31(24)22-7-5-6-20(29)16-22/h5-16,24,32H,3-4H2,1-2H3/b25-23+. The van der Waals surface area contributed by atoms with Gasteiger partial charge in [-0.2, -0.15) is 0 Å². The molecule has 3 aromatic carbocycles. The molecule has 0 aromatic heterocycles. The fraction of sp³-hybridized carbons (Fsp3) is 0.185. The van der Waals surface area contributed by atoms with Gasteiger partial charge in [0.15, 0.2) is 0 Å². The average molecular weight is 495 g/mol. The molecular formula is C27H24Cl2N2O3. The highest BCUT2D eigenvalue weighted by Gasteiger charge is 2.47. The first kappa shape index (κ1) is 23.9. The Morgan fingerprint density at radius 2 is 1.56 bits per heavy atom. The van der Waals surface area contributed by atoms with Crippen LogP contribution in [0.2, 0.25) is 10.0 Å². The number of nitrogens with zero attached hydrogens (tertiary/aromatic N) is 2. The number of anilines is 2. The van der Waals surface area contributed by atoms with Gasteiger partial charge in [-0.3, -0.25) is 14.5 Å². The topological polar surface area (TPSA) is 60.9 Å². The molecule has 34 heavy (non-hydrogen) atoms. The molecule has 1 unspecified atom stereocenters. The van der Waals surface area contributed by atoms with Crippen LogP contribution in [0.5, 0.6) is 0 Å². The lowest BCUT2D eigenvalue weighted by Gasteiger charge is -2.27. The highest BCUT2D eigenvalue weighted by molar-refractivity contribution is 6.51. The van der Waals surface area contributed by atoms with Gasteiger partial charge in [-0.1, -0.05) is 41.4 Å². The molecule has 1 aliphatic heterocycles. The first-order valence-electron chi connectivity index (χ1n) is 11.0. The first-order valence-corrected chi connectivity index (χ1v) is 11.8. The van der Waals surface area contributed by atoms with Crippen molar-refractivity contribution in [2.24, 2.45) is 0 Å². The highest BCUT2D eigenvalue weighted by atomic mass is 35.5. The molecule has 1 aliphatic rings. The van der Waals surface area contributed by atoms with Crippen molar-refractivity contribution in [3.63, 3.8) is 0 Å². The number of hydrogen-bond donors (Lipinski definition) is 1. The Balaban J connectivity index is 1.90. The molecule has 1 atom stereocenters. The highest BCUT2D eigenvalue weighted by Crippen LogP contribution is 2.43. The van der Waals surface area contributed by atoms with Gasteiger partial charge in [0.2, 0.25) is 0 Å². The summed E-state index contributed by atoms with van der Waals surface area (Å²) in [6.45, 7) is 5.87. The Labute approximate surface area is 208 Å². The molecule has 0 spiro atoms. The third-order valence-electron chi connectivity index (χ3n) is 5.99. The Bertz CT molecular complexity index is 1250. The molecule has 5 nitrogen and oxygen atoms in total. The number of aliphatic hydroxyl groups is 1. The van der Waals surface area contributed by atoms with Crippen LogP contribution >= 0.6 is 23.2 Å². The molecule has 0 saturated carbocycles. The molecule has 0 radical (unpaired) electrons. The fourth-order valence-corrected chi connectivity index (χ4v) is 4.57. The second kappa shape index (κ2) is 9.92. The summed E-state index contributed by atoms with van der Waals surface area (Å²) in [5, 5.41) is 12.1. The van der Waals surface area contributed by atoms with E-state index in [1.807, 2.05) is 24.3 Å². The number of aliphatic hydroxyl groups excluding tert-OH is 1. The molecule has 1 saturated heterocycles. The van der Waals surface area contributed by atoms with Crippen LogP contribution in [-0.4, -0.2) is 29.9 Å². The van der Waals surface area contributed by atoms with Crippen LogP contribution in [0.4, 0.5) is 11.4 Å². The van der Waals surface area contributed by atoms with Crippen molar-refractivity contribution in [3.05, 3.63) is 99.5 Å². The molecule has 1 fully saturated rings. The number of rotatable bonds is 6. The maximum absolute atomic E-state index is 13.2. The smallest absolute Gasteiger partial charge is 0.300 e. The van der Waals surface area contributed by atoms with E-state index < -0.39 is 17.7 Å². The zero-order valence-corrected chi connectivity index (χ0v) is 20.3. The predicted molar refractivity (Wildman–Crippen MR) is 138 cm³/mol. The van der Waals surface area contributed by atoms with Crippen molar-refractivity contribution in [2.45, 2.75) is 19.9 Å². The lowest BCUT2D eigenvalue weighted by atomic mass is 9.95. The summed E-state index contributed by atoms with van der Waals surface area (Å²) in [4.78, 5) is 30.0. The largest absolute Gasteiger partial charge is 0.507 e. The van der Waals surface area contributed by atoms with Gasteiger partial charge in [0.1, 0.15) is 5.76 Å². The minimum Gasteiger partial charge on any atom is -0.507 e. The lowest BCUT2D eigenvalue weighted by Crippen LogP contribution is -2.29. The van der Waals surface area contributed by atoms with E-state index in [0.29, 0.717) is 26.9 Å². The Hall–Kier alpha value is -3.28. The molecule has 1 N–H and O–H groups in total. The van der Waals surface area contributed by atoms with Crippen LogP contribution in [0.1, 0.15) is 31.0 Å². The molecule has 7 heteroatoms. The molecule has 0 aliphatic carbocycles. The van der Waals surface area contributed by atoms with Gasteiger partial charge in [0.05, 0.1) is 11.6 Å². The monoisotopic (exact) mass is 494 g/mol. The van der Waals surface area contributed by atoms with Gasteiger partial charge in [-0.25, -0.2) is 0 Å². The van der Waals surface area contributed by atoms with Gasteiger partial charge < -0.3 is 10.0 Å². The normalized spacial score (nSPS) is 17.3. The third-order valence-corrected chi connectivity index (χ3v) is 6.47. The van der Waals surface area contributed by atoms with Crippen molar-refractivity contribution in [2.75, 3.05) is 22.9 Å². The quantitative estimate of drug-likeness (QED) is 0.242. The van der Waals surface area contributed by atoms with Crippen LogP contribution in [0, 0.1) is 0 Å². The summed E-state index contributed by atoms with van der Waals surface area (Å²) in [6.07, 6.45) is 0. The number of carbonyl (C=O) groups excluding carboxylic acids is 2. The maximum Gasteiger partial charge on any atom is 0.300 e. The molecule has 1 heterocycles. The van der Waals surface area contributed by atoms with Gasteiger partial charge in [0, 0.05) is 40.1 Å². The van der Waals surface area contributed by atoms with E-state index in [1.54, 1.807) is 48.5 Å². The molecule has 3 aromatic rings. The molecule has 1 amide bonds. The second-order valence-electron chi connectivity index (χ2n) is 7.92. The molecular weight excluding hydrogens is 471 g/mol. The minimum absolute atomic E-state index is 0.0166. The summed E-state index contributed by atoms with van der Waals surface area (Å²) in [6, 6.07) is 20.1. The van der Waals surface area contributed by atoms with Crippen molar-refractivity contribution in [1.82, 2.24) is 0 Å². The Morgan fingerprint density at radius 1 is 0.912 bits per heavy atom. The van der Waals surface area contributed by atoms with Crippen LogP contribution < -0.4 is 9.80 Å². The first-order chi connectivity index (χ1) is 16.3. The van der Waals surface area contributed by atoms with Crippen molar-refractivity contribution >= 4 is 52.0 Å². The van der Waals surface area contributed by atoms with Gasteiger partial charge in [0.25, 0.3) is 11.7 Å². The Kier molecular flexibility index (Phi) is 6.96. The SMILES string of the molecule is CCN(CC)c1ccc(C2/C(=C(\O)c3ccc(Cl)cc3)C(=O)C(=O)N2c2cccc(Cl)c2)cc1. The second-order valence-corrected chi connectivity index (χ2v) is 8.79. The van der Waals surface area contributed by atoms with E-state index in [0.717, 1.165) is 18.8 Å². The molecule has 4 rings (SSSR count). The summed E-state index contributed by atoms with van der Waals surface area (Å²) in [7, 11) is 0. The number of carbonyl (C=O) groups is 2. The lowest BCUT2D eigenvalue weighted by molar-refractivity contribution is -0.132. The van der Waals surface area contributed by atoms with Crippen LogP contribution in [0.25, 0.3) is 5.76 Å². The van der Waals surface area contributed by atoms with Crippen LogP contribution in [0.15, 0.2) is 78.4 Å². The number of Topliss-reactive ketones (excluding diaryl/α,β-unsaturated/α-hetero) is 1. The molecule has 174 valence electrons. The zero-order chi connectivity index (χ0) is 24.4. The average Bonchev–Trinajstić information content (AvgIpc) is 3.11. The Morgan fingerprint density at radius 3 is 2.15 bits per heavy atom. The van der Waals surface area contributed by atoms with Crippen molar-refractivity contribution in [3.8, 4) is 0 Å². The summed E-state index contributed by atoms with van der Waals surface area (Å²) >= 11 is 12.2. The number of halogens is 2. The number of ketones is 1. The maximum atomic E-state index is 13.2. The van der Waals surface area contributed by atoms with E-state index in [2.05, 4.69) is 18.7 Å². The fourth-order valence-electron chi connectivity index (χ4n) is 4.26. The summed E-state index contributed by atoms with van der Waals surface area (Å²) in [5.41, 5.74) is 2.63. The number of benzene rings is 3. The van der Waals surface area contributed by atoms with E-state index >= 15 is 0 Å². The van der Waals surface area contributed by atoms with Crippen molar-refractivity contribution in [1.29, 1.82) is 0 Å². The summed E-state index contributed by atoms with van der Waals surface area (Å²) < 4.78 is 0. The van der Waals surface area contributed by atoms with Crippen LogP contribution in [-0.2, 0) is 9.59 Å². The van der Waals surface area contributed by atoms with E-state index in [1.165, 1.54) is 4.90 Å². The minimum atomic E-state index is -0.820. The van der Waals surface area contributed by atoms with Gasteiger partial charge >= 0.3 is 0 Å².